The number of hydrogen-bond acceptors (Lipinski definition) is 8. The lowest BCUT2D eigenvalue weighted by Crippen LogP contribution is -2.55. The van der Waals surface area contributed by atoms with Crippen molar-refractivity contribution >= 4 is 56.8 Å². The van der Waals surface area contributed by atoms with Gasteiger partial charge in [-0.3, -0.25) is 14.3 Å². The van der Waals surface area contributed by atoms with Gasteiger partial charge in [-0.1, -0.05) is 30.7 Å². The van der Waals surface area contributed by atoms with Gasteiger partial charge in [0.2, 0.25) is 0 Å². The maximum atomic E-state index is 13.5. The number of phenols is 1. The molecule has 1 amide bonds. The monoisotopic (exact) mass is 744 g/mol. The molecule has 4 aliphatic rings. The molecule has 4 aromatic rings. The summed E-state index contributed by atoms with van der Waals surface area (Å²) >= 11 is 5.57. The predicted molar refractivity (Wildman–Crippen MR) is 211 cm³/mol. The number of fused-ring (bicyclic) bond motifs is 5. The molecular formula is C41H40N6O6S. The minimum absolute atomic E-state index is 0.0138. The Morgan fingerprint density at radius 3 is 2.54 bits per heavy atom. The maximum absolute atomic E-state index is 13.5. The molecule has 1 aromatic heterocycles. The molecule has 13 heteroatoms. The van der Waals surface area contributed by atoms with E-state index >= 15 is 0 Å². The van der Waals surface area contributed by atoms with Crippen molar-refractivity contribution in [3.63, 3.8) is 0 Å². The fourth-order valence-corrected chi connectivity index (χ4v) is 8.45. The average molecular weight is 745 g/mol. The maximum Gasteiger partial charge on any atom is 0.336 e. The van der Waals surface area contributed by atoms with E-state index in [1.165, 1.54) is 49.6 Å². The molecule has 1 aliphatic carbocycles. The summed E-state index contributed by atoms with van der Waals surface area (Å²) < 4.78 is 7.80. The lowest BCUT2D eigenvalue weighted by atomic mass is 9.82. The second kappa shape index (κ2) is 14.6. The van der Waals surface area contributed by atoms with Crippen molar-refractivity contribution in [2.75, 3.05) is 18.9 Å². The third-order valence-electron chi connectivity index (χ3n) is 10.8. The van der Waals surface area contributed by atoms with Crippen LogP contribution in [-0.4, -0.2) is 73.6 Å². The highest BCUT2D eigenvalue weighted by Gasteiger charge is 2.37. The van der Waals surface area contributed by atoms with Crippen molar-refractivity contribution in [3.05, 3.63) is 100 Å². The third-order valence-corrected chi connectivity index (χ3v) is 11.1. The molecule has 2 bridgehead atoms. The van der Waals surface area contributed by atoms with Crippen LogP contribution < -0.4 is 21.4 Å². The van der Waals surface area contributed by atoms with Gasteiger partial charge in [0.05, 0.1) is 11.1 Å². The van der Waals surface area contributed by atoms with E-state index in [1.807, 2.05) is 28.9 Å². The summed E-state index contributed by atoms with van der Waals surface area (Å²) in [5, 5.41) is 36.5. The first-order chi connectivity index (χ1) is 26.1. The number of aromatic carboxylic acids is 1. The minimum atomic E-state index is -1.15. The number of carbonyl (C=O) groups excluding carboxylic acids is 1. The Labute approximate surface area is 316 Å². The Bertz CT molecular complexity index is 2440. The fourth-order valence-electron chi connectivity index (χ4n) is 8.23. The van der Waals surface area contributed by atoms with E-state index in [2.05, 4.69) is 27.9 Å². The van der Waals surface area contributed by atoms with Gasteiger partial charge in [0.1, 0.15) is 17.1 Å². The van der Waals surface area contributed by atoms with Gasteiger partial charge in [-0.05, 0) is 99.4 Å². The quantitative estimate of drug-likeness (QED) is 0.0630. The number of carboxylic acids is 1. The number of thiocarbonyl (C=S) groups is 1. The van der Waals surface area contributed by atoms with Crippen molar-refractivity contribution < 1.29 is 24.2 Å². The zero-order valence-electron chi connectivity index (χ0n) is 29.7. The number of nitrogens with one attached hydrogen (secondary N) is 3. The van der Waals surface area contributed by atoms with E-state index in [1.54, 1.807) is 24.3 Å². The molecule has 0 radical (unpaired) electrons. The van der Waals surface area contributed by atoms with Gasteiger partial charge < -0.3 is 35.5 Å². The molecule has 0 spiro atoms. The van der Waals surface area contributed by atoms with E-state index in [4.69, 9.17) is 21.7 Å². The van der Waals surface area contributed by atoms with Crippen LogP contribution >= 0.6 is 12.2 Å². The van der Waals surface area contributed by atoms with Crippen LogP contribution in [0, 0.1) is 0 Å². The van der Waals surface area contributed by atoms with Crippen molar-refractivity contribution in [3.8, 4) is 28.2 Å². The van der Waals surface area contributed by atoms with E-state index in [0.717, 1.165) is 23.7 Å². The number of carbonyl (C=O) groups is 2. The second-order valence-corrected chi connectivity index (χ2v) is 14.7. The highest BCUT2D eigenvalue weighted by Crippen LogP contribution is 2.42. The summed E-state index contributed by atoms with van der Waals surface area (Å²) in [6, 6.07) is 22.8. The molecule has 4 heterocycles. The van der Waals surface area contributed by atoms with Crippen LogP contribution in [0.1, 0.15) is 59.4 Å². The number of carboxylic acid groups (broad SMARTS) is 1. The first kappa shape index (κ1) is 35.3. The fraction of sp³-hybridized carbons (Fsp3) is 0.293. The summed E-state index contributed by atoms with van der Waals surface area (Å²) in [7, 11) is 2.21. The summed E-state index contributed by atoms with van der Waals surface area (Å²) in [6.45, 7) is 1.06. The number of benzene rings is 4. The zero-order chi connectivity index (χ0) is 37.5. The minimum Gasteiger partial charge on any atom is -0.508 e. The standard InChI is InChI=1S/C41H40N6O6S/c1-46-25-6-4-7-26(46)19-24(18-25)43-39(50)38-30-8-2-3-9-34(30)47(45-38)17-5-16-42-41(54)44-23-10-13-29(33(20-23)40(51)52)37-31-14-11-27(48)21-35(31)53-36-22-28(49)12-15-32(36)37/h2-3,8-15,20-22,24-26,48H,4-7,16-19H2,1H3,(H,43,50)(H,51,52)(H2,42,44,54)/t24?,25-,26+. The largest absolute Gasteiger partial charge is 0.508 e. The van der Waals surface area contributed by atoms with Crippen LogP contribution in [0.25, 0.3) is 44.3 Å². The molecule has 3 aliphatic heterocycles. The molecule has 8 rings (SSSR count). The van der Waals surface area contributed by atoms with E-state index in [-0.39, 0.29) is 34.5 Å². The Balaban J connectivity index is 0.935. The Hall–Kier alpha value is -5.79. The van der Waals surface area contributed by atoms with E-state index < -0.39 is 5.97 Å². The normalized spacial score (nSPS) is 18.5. The number of aryl methyl sites for hydroxylation is 1. The number of nitrogens with zero attached hydrogens (tertiary/aromatic N) is 3. The Kier molecular flexibility index (Phi) is 9.50. The van der Waals surface area contributed by atoms with Crippen molar-refractivity contribution in [1.29, 1.82) is 0 Å². The first-order valence-electron chi connectivity index (χ1n) is 18.2. The number of aromatic nitrogens is 2. The first-order valence-corrected chi connectivity index (χ1v) is 18.6. The summed E-state index contributed by atoms with van der Waals surface area (Å²) in [4.78, 5) is 40.8. The van der Waals surface area contributed by atoms with Crippen LogP contribution in [0.15, 0.2) is 88.1 Å². The zero-order valence-corrected chi connectivity index (χ0v) is 30.5. The average Bonchev–Trinajstić information content (AvgIpc) is 3.51. The van der Waals surface area contributed by atoms with Crippen LogP contribution in [0.5, 0.6) is 5.75 Å². The SMILES string of the molecule is CN1[C@@H]2CCC[C@H]1CC(NC(=O)c1nn(CCCNC(=S)Nc3ccc(-c4c5ccc(=O)cc-5oc5cc(O)ccc45)c(C(=O)O)c3)c3ccccc13)C2. The van der Waals surface area contributed by atoms with Crippen molar-refractivity contribution in [2.45, 2.75) is 63.2 Å². The van der Waals surface area contributed by atoms with E-state index in [0.29, 0.717) is 75.7 Å². The number of para-hydroxylation sites is 1. The lowest BCUT2D eigenvalue weighted by Gasteiger charge is -2.47. The molecular weight excluding hydrogens is 705 g/mol. The van der Waals surface area contributed by atoms with Crippen LogP contribution in [0.3, 0.4) is 0 Å². The molecule has 5 N–H and O–H groups in total. The highest BCUT2D eigenvalue weighted by atomic mass is 32.1. The van der Waals surface area contributed by atoms with Gasteiger partial charge in [0.15, 0.2) is 16.2 Å². The number of anilines is 1. The molecule has 3 aromatic carbocycles. The van der Waals surface area contributed by atoms with Gasteiger partial charge in [-0.25, -0.2) is 4.79 Å². The van der Waals surface area contributed by atoms with Gasteiger partial charge in [-0.2, -0.15) is 5.10 Å². The second-order valence-electron chi connectivity index (χ2n) is 14.3. The van der Waals surface area contributed by atoms with Crippen LogP contribution in [-0.2, 0) is 6.54 Å². The van der Waals surface area contributed by atoms with Crippen LogP contribution in [0.2, 0.25) is 0 Å². The topological polar surface area (TPSA) is 162 Å². The van der Waals surface area contributed by atoms with E-state index in [9.17, 15) is 24.6 Å². The summed E-state index contributed by atoms with van der Waals surface area (Å²) in [5.41, 5.74) is 3.41. The number of piperidine rings is 2. The van der Waals surface area contributed by atoms with Gasteiger partial charge in [-0.15, -0.1) is 0 Å². The molecule has 54 heavy (non-hydrogen) atoms. The number of rotatable bonds is 9. The van der Waals surface area contributed by atoms with Crippen molar-refractivity contribution in [1.82, 2.24) is 25.3 Å². The van der Waals surface area contributed by atoms with Gasteiger partial charge >= 0.3 is 5.97 Å². The lowest BCUT2D eigenvalue weighted by molar-refractivity contribution is 0.0462. The summed E-state index contributed by atoms with van der Waals surface area (Å²) in [5.74, 6) is -1.03. The smallest absolute Gasteiger partial charge is 0.336 e. The highest BCUT2D eigenvalue weighted by molar-refractivity contribution is 7.80. The molecule has 276 valence electrons. The molecule has 3 atom stereocenters. The van der Waals surface area contributed by atoms with Crippen LogP contribution in [0.4, 0.5) is 5.69 Å². The van der Waals surface area contributed by atoms with Crippen molar-refractivity contribution in [2.24, 2.45) is 0 Å². The summed E-state index contributed by atoms with van der Waals surface area (Å²) in [6.07, 6.45) is 6.20. The number of phenolic OH excluding ortho intramolecular Hbond substituents is 1. The molecule has 2 fully saturated rings. The number of hydrogen-bond donors (Lipinski definition) is 5. The molecule has 1 unspecified atom stereocenters. The van der Waals surface area contributed by atoms with Gasteiger partial charge in [0.25, 0.3) is 5.91 Å². The number of aromatic hydroxyl groups is 1. The predicted octanol–water partition coefficient (Wildman–Crippen LogP) is 6.44. The molecule has 2 saturated heterocycles. The third kappa shape index (κ3) is 6.88. The van der Waals surface area contributed by atoms with Gasteiger partial charge in [0, 0.05) is 70.9 Å². The Morgan fingerprint density at radius 2 is 1.74 bits per heavy atom. The number of amides is 1. The Morgan fingerprint density at radius 1 is 0.963 bits per heavy atom. The molecule has 0 saturated carbocycles. The molecule has 12 nitrogen and oxygen atoms in total.